The molecule has 1 aromatic carbocycles. The zero-order valence-electron chi connectivity index (χ0n) is 10.6. The Kier molecular flexibility index (Phi) is 4.52. The van der Waals surface area contributed by atoms with E-state index >= 15 is 0 Å². The summed E-state index contributed by atoms with van der Waals surface area (Å²) in [5.74, 6) is -2.17. The molecule has 0 bridgehead atoms. The van der Waals surface area contributed by atoms with E-state index in [1.807, 2.05) is 0 Å². The van der Waals surface area contributed by atoms with Gasteiger partial charge in [-0.15, -0.1) is 0 Å². The summed E-state index contributed by atoms with van der Waals surface area (Å²) < 4.78 is 52.1. The Bertz CT molecular complexity index is 538. The molecular weight excluding hydrogens is 272 g/mol. The van der Waals surface area contributed by atoms with Gasteiger partial charge in [0.05, 0.1) is 4.90 Å². The molecular formula is C13H17F2NO2S. The monoisotopic (exact) mass is 289 g/mol. The lowest BCUT2D eigenvalue weighted by molar-refractivity contribution is 0.364. The second kappa shape index (κ2) is 5.96. The van der Waals surface area contributed by atoms with Crippen LogP contribution < -0.4 is 0 Å². The quantitative estimate of drug-likeness (QED) is 0.839. The maximum atomic E-state index is 13.2. The lowest BCUT2D eigenvalue weighted by Gasteiger charge is -2.24. The van der Waals surface area contributed by atoms with Gasteiger partial charge in [0, 0.05) is 13.1 Å². The van der Waals surface area contributed by atoms with Crippen LogP contribution in [-0.4, -0.2) is 25.8 Å². The molecule has 0 amide bonds. The Balaban J connectivity index is 2.26. The Morgan fingerprint density at radius 1 is 0.895 bits per heavy atom. The van der Waals surface area contributed by atoms with Crippen molar-refractivity contribution in [3.8, 4) is 0 Å². The molecule has 0 N–H and O–H groups in total. The molecule has 2 rings (SSSR count). The second-order valence-corrected chi connectivity index (χ2v) is 6.69. The molecule has 1 aliphatic heterocycles. The van der Waals surface area contributed by atoms with Crippen LogP contribution in [0.4, 0.5) is 8.78 Å². The van der Waals surface area contributed by atoms with Crippen molar-refractivity contribution >= 4 is 10.0 Å². The maximum absolute atomic E-state index is 13.2. The SMILES string of the molecule is O=S(=O)(c1ccc(F)c(F)c1)N1CCCCCCC1. The zero-order valence-corrected chi connectivity index (χ0v) is 11.4. The highest BCUT2D eigenvalue weighted by Gasteiger charge is 2.25. The third-order valence-corrected chi connectivity index (χ3v) is 5.24. The molecule has 0 aliphatic carbocycles. The van der Waals surface area contributed by atoms with Crippen molar-refractivity contribution < 1.29 is 17.2 Å². The average Bonchev–Trinajstić information content (AvgIpc) is 2.31. The summed E-state index contributed by atoms with van der Waals surface area (Å²) in [5.41, 5.74) is 0. The Morgan fingerprint density at radius 3 is 2.05 bits per heavy atom. The minimum atomic E-state index is -3.71. The van der Waals surface area contributed by atoms with Gasteiger partial charge in [-0.2, -0.15) is 4.31 Å². The number of hydrogen-bond acceptors (Lipinski definition) is 2. The molecule has 1 aromatic rings. The third-order valence-electron chi connectivity index (χ3n) is 3.34. The van der Waals surface area contributed by atoms with Gasteiger partial charge in [-0.1, -0.05) is 19.3 Å². The summed E-state index contributed by atoms with van der Waals surface area (Å²) in [6, 6.07) is 2.72. The molecule has 106 valence electrons. The van der Waals surface area contributed by atoms with Gasteiger partial charge >= 0.3 is 0 Å². The second-order valence-electron chi connectivity index (χ2n) is 4.75. The fourth-order valence-corrected chi connectivity index (χ4v) is 3.77. The van der Waals surface area contributed by atoms with Gasteiger partial charge in [0.1, 0.15) is 0 Å². The molecule has 0 radical (unpaired) electrons. The molecule has 0 aromatic heterocycles. The molecule has 0 saturated carbocycles. The molecule has 1 saturated heterocycles. The Morgan fingerprint density at radius 2 is 1.47 bits per heavy atom. The van der Waals surface area contributed by atoms with E-state index < -0.39 is 21.7 Å². The Hall–Kier alpha value is -1.01. The first-order valence-corrected chi connectivity index (χ1v) is 7.91. The van der Waals surface area contributed by atoms with Gasteiger partial charge in [0.15, 0.2) is 11.6 Å². The van der Waals surface area contributed by atoms with Crippen molar-refractivity contribution in [2.45, 2.75) is 37.0 Å². The first kappa shape index (κ1) is 14.4. The summed E-state index contributed by atoms with van der Waals surface area (Å²) >= 11 is 0. The van der Waals surface area contributed by atoms with Crippen molar-refractivity contribution in [2.75, 3.05) is 13.1 Å². The minimum absolute atomic E-state index is 0.174. The number of rotatable bonds is 2. The smallest absolute Gasteiger partial charge is 0.207 e. The van der Waals surface area contributed by atoms with E-state index in [1.54, 1.807) is 0 Å². The lowest BCUT2D eigenvalue weighted by atomic mass is 10.1. The third kappa shape index (κ3) is 3.30. The van der Waals surface area contributed by atoms with Crippen LogP contribution in [0.25, 0.3) is 0 Å². The molecule has 0 unspecified atom stereocenters. The van der Waals surface area contributed by atoms with Gasteiger partial charge < -0.3 is 0 Å². The molecule has 0 spiro atoms. The van der Waals surface area contributed by atoms with Crippen molar-refractivity contribution in [3.05, 3.63) is 29.8 Å². The van der Waals surface area contributed by atoms with Gasteiger partial charge in [0.25, 0.3) is 0 Å². The summed E-state index contributed by atoms with van der Waals surface area (Å²) in [6.45, 7) is 0.892. The summed E-state index contributed by atoms with van der Waals surface area (Å²) in [4.78, 5) is -0.174. The highest BCUT2D eigenvalue weighted by molar-refractivity contribution is 7.89. The van der Waals surface area contributed by atoms with Crippen molar-refractivity contribution in [1.29, 1.82) is 0 Å². The van der Waals surface area contributed by atoms with Crippen molar-refractivity contribution in [1.82, 2.24) is 4.31 Å². The number of sulfonamides is 1. The van der Waals surface area contributed by atoms with Crippen LogP contribution in [0, 0.1) is 11.6 Å². The molecule has 1 heterocycles. The van der Waals surface area contributed by atoms with Crippen molar-refractivity contribution in [2.24, 2.45) is 0 Å². The van der Waals surface area contributed by atoms with Crippen LogP contribution in [0.1, 0.15) is 32.1 Å². The lowest BCUT2D eigenvalue weighted by Crippen LogP contribution is -2.33. The van der Waals surface area contributed by atoms with Crippen LogP contribution in [-0.2, 0) is 10.0 Å². The van der Waals surface area contributed by atoms with E-state index in [9.17, 15) is 17.2 Å². The summed E-state index contributed by atoms with van der Waals surface area (Å²) in [6.07, 6.45) is 4.75. The number of hydrogen-bond donors (Lipinski definition) is 0. The fraction of sp³-hybridized carbons (Fsp3) is 0.538. The average molecular weight is 289 g/mol. The summed E-state index contributed by atoms with van der Waals surface area (Å²) in [5, 5.41) is 0. The predicted octanol–water partition coefficient (Wildman–Crippen LogP) is 2.92. The van der Waals surface area contributed by atoms with Crippen molar-refractivity contribution in [3.63, 3.8) is 0 Å². The normalized spacial score (nSPS) is 18.8. The highest BCUT2D eigenvalue weighted by atomic mass is 32.2. The molecule has 3 nitrogen and oxygen atoms in total. The van der Waals surface area contributed by atoms with Crippen LogP contribution >= 0.6 is 0 Å². The predicted molar refractivity (Wildman–Crippen MR) is 68.2 cm³/mol. The molecule has 6 heteroatoms. The topological polar surface area (TPSA) is 37.4 Å². The minimum Gasteiger partial charge on any atom is -0.207 e. The standard InChI is InChI=1S/C13H17F2NO2S/c14-12-7-6-11(10-13(12)15)19(17,18)16-8-4-2-1-3-5-9-16/h6-7,10H,1-5,8-9H2. The molecule has 1 aliphatic rings. The summed E-state index contributed by atoms with van der Waals surface area (Å²) in [7, 11) is -3.71. The van der Waals surface area contributed by atoms with E-state index in [1.165, 1.54) is 4.31 Å². The number of benzene rings is 1. The first-order valence-electron chi connectivity index (χ1n) is 6.47. The van der Waals surface area contributed by atoms with E-state index in [4.69, 9.17) is 0 Å². The van der Waals surface area contributed by atoms with Gasteiger partial charge in [-0.25, -0.2) is 17.2 Å². The number of nitrogens with zero attached hydrogens (tertiary/aromatic N) is 1. The highest BCUT2D eigenvalue weighted by Crippen LogP contribution is 2.21. The molecule has 1 fully saturated rings. The number of halogens is 2. The van der Waals surface area contributed by atoms with Gasteiger partial charge in [-0.05, 0) is 31.0 Å². The van der Waals surface area contributed by atoms with Crippen LogP contribution in [0.15, 0.2) is 23.1 Å². The van der Waals surface area contributed by atoms with Crippen LogP contribution in [0.3, 0.4) is 0 Å². The zero-order chi connectivity index (χ0) is 13.9. The van der Waals surface area contributed by atoms with E-state index in [-0.39, 0.29) is 4.90 Å². The fourth-order valence-electron chi connectivity index (χ4n) is 2.25. The van der Waals surface area contributed by atoms with Crippen LogP contribution in [0.5, 0.6) is 0 Å². The van der Waals surface area contributed by atoms with Gasteiger partial charge in [-0.3, -0.25) is 0 Å². The van der Waals surface area contributed by atoms with E-state index in [2.05, 4.69) is 0 Å². The van der Waals surface area contributed by atoms with Crippen LogP contribution in [0.2, 0.25) is 0 Å². The first-order chi connectivity index (χ1) is 9.01. The van der Waals surface area contributed by atoms with E-state index in [0.717, 1.165) is 50.3 Å². The molecule has 0 atom stereocenters. The van der Waals surface area contributed by atoms with Gasteiger partial charge in [0.2, 0.25) is 10.0 Å². The van der Waals surface area contributed by atoms with E-state index in [0.29, 0.717) is 13.1 Å². The Labute approximate surface area is 112 Å². The largest absolute Gasteiger partial charge is 0.243 e. The molecule has 19 heavy (non-hydrogen) atoms. The maximum Gasteiger partial charge on any atom is 0.243 e.